The minimum atomic E-state index is -2.50. The molecule has 5 heteroatoms. The molecule has 0 heterocycles. The molecule has 0 aromatic carbocycles. The largest absolute Gasteiger partial charge is 0.343 e. The van der Waals surface area contributed by atoms with Crippen LogP contribution in [0, 0.1) is 0 Å². The Kier molecular flexibility index (Phi) is 6.82. The van der Waals surface area contributed by atoms with Gasteiger partial charge in [0.1, 0.15) is 0 Å². The summed E-state index contributed by atoms with van der Waals surface area (Å²) in [5, 5.41) is 25.8. The highest BCUT2D eigenvalue weighted by atomic mass is 31.1. The van der Waals surface area contributed by atoms with E-state index in [4.69, 9.17) is 15.3 Å². The van der Waals surface area contributed by atoms with Crippen LogP contribution in [0.15, 0.2) is 0 Å². The molecule has 0 aliphatic carbocycles. The van der Waals surface area contributed by atoms with Gasteiger partial charge in [0.25, 0.3) is 5.97 Å². The molecule has 1 radical (unpaired) electrons. The summed E-state index contributed by atoms with van der Waals surface area (Å²) in [5.74, 6) is -2.50. The van der Waals surface area contributed by atoms with Gasteiger partial charge in [-0.05, 0) is 19.3 Å². The van der Waals surface area contributed by atoms with Crippen molar-refractivity contribution in [2.75, 3.05) is 32.0 Å². The first-order chi connectivity index (χ1) is 5.99. The second kappa shape index (κ2) is 6.68. The Morgan fingerprint density at radius 3 is 2.08 bits per heavy atom. The molecule has 0 unspecified atom stereocenters. The van der Waals surface area contributed by atoms with E-state index < -0.39 is 5.97 Å². The van der Waals surface area contributed by atoms with Crippen molar-refractivity contribution in [3.63, 3.8) is 0 Å². The van der Waals surface area contributed by atoms with Crippen molar-refractivity contribution in [1.82, 2.24) is 4.90 Å². The quantitative estimate of drug-likeness (QED) is 0.311. The van der Waals surface area contributed by atoms with E-state index in [9.17, 15) is 0 Å². The topological polar surface area (TPSA) is 63.9 Å². The van der Waals surface area contributed by atoms with E-state index in [0.29, 0.717) is 0 Å². The molecule has 0 aliphatic heterocycles. The molecular formula is C8H19NO3P. The smallest absolute Gasteiger partial charge is 0.279 e. The number of aliphatic hydroxyl groups is 3. The Labute approximate surface area is 81.4 Å². The van der Waals surface area contributed by atoms with Gasteiger partial charge in [-0.3, -0.25) is 0 Å². The number of rotatable bonds is 7. The number of hydrogen-bond acceptors (Lipinski definition) is 4. The fourth-order valence-corrected chi connectivity index (χ4v) is 1.86. The van der Waals surface area contributed by atoms with Crippen molar-refractivity contribution in [3.05, 3.63) is 0 Å². The van der Waals surface area contributed by atoms with Gasteiger partial charge in [-0.2, -0.15) is 0 Å². The first-order valence-electron chi connectivity index (χ1n) is 4.52. The monoisotopic (exact) mass is 208 g/mol. The second-order valence-corrected chi connectivity index (χ2v) is 4.12. The standard InChI is InChI=1S/C8H19NO3P/c1-3-9(4-2)5-6-13-7-8(10,11)12/h10-12H,3-7H2,1-2H3. The van der Waals surface area contributed by atoms with E-state index in [-0.39, 0.29) is 6.16 Å². The molecule has 0 saturated carbocycles. The molecule has 79 valence electrons. The van der Waals surface area contributed by atoms with Gasteiger partial charge in [-0.15, -0.1) is 0 Å². The van der Waals surface area contributed by atoms with Crippen molar-refractivity contribution < 1.29 is 15.3 Å². The van der Waals surface area contributed by atoms with Crippen LogP contribution < -0.4 is 0 Å². The summed E-state index contributed by atoms with van der Waals surface area (Å²) in [5.41, 5.74) is 0. The molecule has 0 aromatic heterocycles. The van der Waals surface area contributed by atoms with Crippen LogP contribution in [0.1, 0.15) is 13.8 Å². The van der Waals surface area contributed by atoms with E-state index in [2.05, 4.69) is 18.7 Å². The maximum atomic E-state index is 8.59. The summed E-state index contributed by atoms with van der Waals surface area (Å²) in [6.07, 6.45) is 0.847. The van der Waals surface area contributed by atoms with Crippen LogP contribution in [-0.2, 0) is 0 Å². The highest BCUT2D eigenvalue weighted by molar-refractivity contribution is 7.38. The van der Waals surface area contributed by atoms with Gasteiger partial charge in [-0.25, -0.2) is 0 Å². The molecule has 0 amide bonds. The normalized spacial score (nSPS) is 13.4. The van der Waals surface area contributed by atoms with E-state index >= 15 is 0 Å². The molecular weight excluding hydrogens is 189 g/mol. The van der Waals surface area contributed by atoms with Gasteiger partial charge in [0.2, 0.25) is 0 Å². The van der Waals surface area contributed by atoms with Gasteiger partial charge in [-0.1, -0.05) is 22.4 Å². The Bertz CT molecular complexity index is 123. The van der Waals surface area contributed by atoms with Gasteiger partial charge in [0.05, 0.1) is 6.16 Å². The lowest BCUT2D eigenvalue weighted by atomic mass is 10.5. The summed E-state index contributed by atoms with van der Waals surface area (Å²) in [7, 11) is 0.859. The van der Waals surface area contributed by atoms with Gasteiger partial charge >= 0.3 is 0 Å². The molecule has 0 saturated heterocycles. The molecule has 4 nitrogen and oxygen atoms in total. The van der Waals surface area contributed by atoms with E-state index in [1.54, 1.807) is 0 Å². The second-order valence-electron chi connectivity index (χ2n) is 2.91. The van der Waals surface area contributed by atoms with Crippen LogP contribution in [-0.4, -0.2) is 58.2 Å². The average molecular weight is 208 g/mol. The predicted octanol–water partition coefficient (Wildman–Crippen LogP) is -0.0949. The molecule has 0 spiro atoms. The SMILES string of the molecule is CCN(CC)CC[P]CC(O)(O)O. The zero-order valence-corrected chi connectivity index (χ0v) is 9.17. The van der Waals surface area contributed by atoms with Gasteiger partial charge < -0.3 is 20.2 Å². The third-order valence-electron chi connectivity index (χ3n) is 1.79. The van der Waals surface area contributed by atoms with Crippen molar-refractivity contribution in [2.45, 2.75) is 19.8 Å². The van der Waals surface area contributed by atoms with Crippen molar-refractivity contribution >= 4 is 8.58 Å². The Morgan fingerprint density at radius 1 is 1.15 bits per heavy atom. The maximum Gasteiger partial charge on any atom is 0.279 e. The Balaban J connectivity index is 3.34. The summed E-state index contributed by atoms with van der Waals surface area (Å²) >= 11 is 0. The lowest BCUT2D eigenvalue weighted by molar-refractivity contribution is -0.293. The molecule has 0 fully saturated rings. The van der Waals surface area contributed by atoms with Crippen LogP contribution in [0.25, 0.3) is 0 Å². The Hall–Kier alpha value is 0.270. The number of nitrogens with zero attached hydrogens (tertiary/aromatic N) is 1. The van der Waals surface area contributed by atoms with Crippen LogP contribution in [0.5, 0.6) is 0 Å². The zero-order valence-electron chi connectivity index (χ0n) is 8.27. The van der Waals surface area contributed by atoms with Crippen molar-refractivity contribution in [2.24, 2.45) is 0 Å². The third-order valence-corrected chi connectivity index (χ3v) is 2.96. The highest BCUT2D eigenvalue weighted by Gasteiger charge is 2.17. The molecule has 3 N–H and O–H groups in total. The minimum Gasteiger partial charge on any atom is -0.343 e. The van der Waals surface area contributed by atoms with E-state index in [1.165, 1.54) is 0 Å². The lowest BCUT2D eigenvalue weighted by Crippen LogP contribution is -2.30. The van der Waals surface area contributed by atoms with E-state index in [0.717, 1.165) is 34.4 Å². The fraction of sp³-hybridized carbons (Fsp3) is 1.00. The molecule has 13 heavy (non-hydrogen) atoms. The highest BCUT2D eigenvalue weighted by Crippen LogP contribution is 2.14. The first-order valence-corrected chi connectivity index (χ1v) is 5.78. The summed E-state index contributed by atoms with van der Waals surface area (Å²) < 4.78 is 0. The predicted molar refractivity (Wildman–Crippen MR) is 53.8 cm³/mol. The summed E-state index contributed by atoms with van der Waals surface area (Å²) in [6, 6.07) is 0. The zero-order chi connectivity index (χ0) is 10.3. The average Bonchev–Trinajstić information content (AvgIpc) is 2.03. The summed E-state index contributed by atoms with van der Waals surface area (Å²) in [6.45, 7) is 7.14. The van der Waals surface area contributed by atoms with Crippen LogP contribution in [0.2, 0.25) is 0 Å². The fourth-order valence-electron chi connectivity index (χ4n) is 0.981. The number of hydrogen-bond donors (Lipinski definition) is 3. The third kappa shape index (κ3) is 8.60. The van der Waals surface area contributed by atoms with Crippen molar-refractivity contribution in [3.8, 4) is 0 Å². The molecule has 0 rings (SSSR count). The van der Waals surface area contributed by atoms with Crippen LogP contribution >= 0.6 is 8.58 Å². The molecule has 0 atom stereocenters. The van der Waals surface area contributed by atoms with Crippen molar-refractivity contribution in [1.29, 1.82) is 0 Å². The summed E-state index contributed by atoms with van der Waals surface area (Å²) in [4.78, 5) is 2.25. The van der Waals surface area contributed by atoms with E-state index in [1.807, 2.05) is 0 Å². The maximum absolute atomic E-state index is 8.59. The first kappa shape index (κ1) is 13.3. The molecule has 0 aliphatic rings. The van der Waals surface area contributed by atoms with Crippen LogP contribution in [0.4, 0.5) is 0 Å². The Morgan fingerprint density at radius 2 is 1.69 bits per heavy atom. The lowest BCUT2D eigenvalue weighted by Gasteiger charge is -2.18. The van der Waals surface area contributed by atoms with Gasteiger partial charge in [0, 0.05) is 6.54 Å². The molecule has 0 aromatic rings. The van der Waals surface area contributed by atoms with Gasteiger partial charge in [0.15, 0.2) is 0 Å². The minimum absolute atomic E-state index is 0.00569. The van der Waals surface area contributed by atoms with Crippen LogP contribution in [0.3, 0.4) is 0 Å². The molecule has 0 bridgehead atoms.